The Labute approximate surface area is 188 Å². The zero-order valence-corrected chi connectivity index (χ0v) is 17.8. The zero-order chi connectivity index (χ0) is 23.1. The van der Waals surface area contributed by atoms with Crippen molar-refractivity contribution in [1.29, 1.82) is 0 Å². The summed E-state index contributed by atoms with van der Waals surface area (Å²) in [5.41, 5.74) is 2.25. The number of nitrogens with zero attached hydrogens (tertiary/aromatic N) is 4. The van der Waals surface area contributed by atoms with Gasteiger partial charge >= 0.3 is 6.18 Å². The molecule has 2 atom stereocenters. The molecule has 33 heavy (non-hydrogen) atoms. The van der Waals surface area contributed by atoms with E-state index in [1.165, 1.54) is 13.2 Å². The van der Waals surface area contributed by atoms with Crippen LogP contribution in [0.3, 0.4) is 0 Å². The van der Waals surface area contributed by atoms with Crippen LogP contribution < -0.4 is 10.1 Å². The fraction of sp³-hybridized carbons (Fsp3) is 0.348. The fourth-order valence-electron chi connectivity index (χ4n) is 4.65. The highest BCUT2D eigenvalue weighted by Gasteiger charge is 2.45. The number of ether oxygens (including phenoxy) is 2. The van der Waals surface area contributed by atoms with Gasteiger partial charge in [-0.3, -0.25) is 0 Å². The molecule has 0 bridgehead atoms. The van der Waals surface area contributed by atoms with Crippen LogP contribution in [0.2, 0.25) is 0 Å². The van der Waals surface area contributed by atoms with E-state index in [4.69, 9.17) is 9.47 Å². The fourth-order valence-corrected chi connectivity index (χ4v) is 4.65. The SMILES string of the molecule is COc1ccc(-n2nnnc2C(F)(F)F)cc1C1=CC2(CCCNC2c2ccccc2)OC1. The number of hydrogen-bond donors (Lipinski definition) is 1. The number of halogens is 3. The van der Waals surface area contributed by atoms with Gasteiger partial charge in [-0.25, -0.2) is 0 Å². The highest BCUT2D eigenvalue weighted by molar-refractivity contribution is 5.75. The van der Waals surface area contributed by atoms with Crippen LogP contribution >= 0.6 is 0 Å². The number of methoxy groups -OCH3 is 1. The molecule has 1 aromatic heterocycles. The first kappa shape index (κ1) is 21.6. The first-order valence-electron chi connectivity index (χ1n) is 10.6. The Morgan fingerprint density at radius 3 is 2.76 bits per heavy atom. The average molecular weight is 457 g/mol. The van der Waals surface area contributed by atoms with Crippen molar-refractivity contribution in [3.63, 3.8) is 0 Å². The zero-order valence-electron chi connectivity index (χ0n) is 17.8. The summed E-state index contributed by atoms with van der Waals surface area (Å²) in [7, 11) is 1.53. The standard InChI is InChI=1S/C23H22F3N5O2/c1-32-19-9-8-17(31-21(23(24,25)26)28-29-30-31)12-18(19)16-13-22(33-14-16)10-5-11-27-20(22)15-6-3-2-4-7-15/h2-4,6-9,12-13,20,27H,5,10-11,14H2,1H3. The van der Waals surface area contributed by atoms with Crippen LogP contribution in [-0.4, -0.2) is 46.1 Å². The molecule has 3 aromatic rings. The summed E-state index contributed by atoms with van der Waals surface area (Å²) in [6.07, 6.45) is -0.817. The third kappa shape index (κ3) is 3.89. The van der Waals surface area contributed by atoms with E-state index >= 15 is 0 Å². The largest absolute Gasteiger partial charge is 0.496 e. The Morgan fingerprint density at radius 1 is 1.18 bits per heavy atom. The second-order valence-electron chi connectivity index (χ2n) is 8.11. The molecule has 1 fully saturated rings. The number of nitrogens with one attached hydrogen (secondary N) is 1. The normalized spacial score (nSPS) is 23.0. The van der Waals surface area contributed by atoms with Crippen molar-refractivity contribution >= 4 is 5.57 Å². The number of alkyl halides is 3. The lowest BCUT2D eigenvalue weighted by molar-refractivity contribution is -0.146. The van der Waals surface area contributed by atoms with Gasteiger partial charge in [0.15, 0.2) is 0 Å². The van der Waals surface area contributed by atoms with Crippen molar-refractivity contribution in [1.82, 2.24) is 25.5 Å². The topological polar surface area (TPSA) is 74.1 Å². The molecule has 1 N–H and O–H groups in total. The molecule has 3 heterocycles. The van der Waals surface area contributed by atoms with Crippen LogP contribution in [0.5, 0.6) is 5.75 Å². The molecular weight excluding hydrogens is 435 g/mol. The van der Waals surface area contributed by atoms with Crippen LogP contribution in [0.1, 0.15) is 35.8 Å². The molecule has 0 aliphatic carbocycles. The molecule has 2 aromatic carbocycles. The molecule has 2 unspecified atom stereocenters. The van der Waals surface area contributed by atoms with Gasteiger partial charge in [0, 0.05) is 5.56 Å². The van der Waals surface area contributed by atoms with Crippen molar-refractivity contribution in [3.8, 4) is 11.4 Å². The molecule has 2 aliphatic rings. The molecule has 10 heteroatoms. The van der Waals surface area contributed by atoms with Gasteiger partial charge in [-0.1, -0.05) is 30.3 Å². The van der Waals surface area contributed by atoms with Gasteiger partial charge in [-0.2, -0.15) is 17.9 Å². The number of rotatable bonds is 4. The number of piperidine rings is 1. The highest BCUT2D eigenvalue weighted by Crippen LogP contribution is 2.45. The summed E-state index contributed by atoms with van der Waals surface area (Å²) >= 11 is 0. The molecule has 5 rings (SSSR count). The molecule has 7 nitrogen and oxygen atoms in total. The van der Waals surface area contributed by atoms with Gasteiger partial charge in [0.05, 0.1) is 25.4 Å². The van der Waals surface area contributed by atoms with Crippen molar-refractivity contribution in [2.75, 3.05) is 20.3 Å². The Hall–Kier alpha value is -3.24. The molecule has 0 amide bonds. The van der Waals surface area contributed by atoms with E-state index in [0.29, 0.717) is 22.6 Å². The number of benzene rings is 2. The van der Waals surface area contributed by atoms with Gasteiger partial charge in [0.1, 0.15) is 11.4 Å². The molecule has 1 spiro atoms. The van der Waals surface area contributed by atoms with E-state index in [2.05, 4.69) is 39.1 Å². The minimum atomic E-state index is -4.68. The monoisotopic (exact) mass is 457 g/mol. The first-order chi connectivity index (χ1) is 15.9. The summed E-state index contributed by atoms with van der Waals surface area (Å²) in [5.74, 6) is -0.653. The van der Waals surface area contributed by atoms with Crippen molar-refractivity contribution in [2.24, 2.45) is 0 Å². The van der Waals surface area contributed by atoms with Crippen LogP contribution in [-0.2, 0) is 10.9 Å². The van der Waals surface area contributed by atoms with Crippen LogP contribution in [0, 0.1) is 0 Å². The summed E-state index contributed by atoms with van der Waals surface area (Å²) in [6.45, 7) is 1.19. The predicted octanol–water partition coefficient (Wildman–Crippen LogP) is 3.97. The summed E-state index contributed by atoms with van der Waals surface area (Å²) in [6, 6.07) is 14.8. The summed E-state index contributed by atoms with van der Waals surface area (Å²) in [4.78, 5) is 0. The molecule has 0 saturated carbocycles. The van der Waals surface area contributed by atoms with E-state index in [9.17, 15) is 13.2 Å². The lowest BCUT2D eigenvalue weighted by Crippen LogP contribution is -2.47. The van der Waals surface area contributed by atoms with Gasteiger partial charge in [-0.15, -0.1) is 5.10 Å². The number of hydrogen-bond acceptors (Lipinski definition) is 6. The second kappa shape index (κ2) is 8.27. The van der Waals surface area contributed by atoms with Crippen molar-refractivity contribution in [3.05, 3.63) is 71.6 Å². The van der Waals surface area contributed by atoms with Gasteiger partial charge in [-0.05, 0) is 65.2 Å². The third-order valence-corrected chi connectivity index (χ3v) is 6.13. The quantitative estimate of drug-likeness (QED) is 0.639. The number of tetrazole rings is 1. The first-order valence-corrected chi connectivity index (χ1v) is 10.6. The van der Waals surface area contributed by atoms with Gasteiger partial charge < -0.3 is 14.8 Å². The maximum absolute atomic E-state index is 13.3. The lowest BCUT2D eigenvalue weighted by atomic mass is 9.81. The van der Waals surface area contributed by atoms with E-state index in [0.717, 1.165) is 30.5 Å². The van der Waals surface area contributed by atoms with Crippen LogP contribution in [0.25, 0.3) is 11.3 Å². The lowest BCUT2D eigenvalue weighted by Gasteiger charge is -2.40. The minimum Gasteiger partial charge on any atom is -0.496 e. The Bertz CT molecular complexity index is 1180. The van der Waals surface area contributed by atoms with E-state index in [1.54, 1.807) is 12.1 Å². The average Bonchev–Trinajstić information content (AvgIpc) is 3.48. The van der Waals surface area contributed by atoms with E-state index in [1.807, 2.05) is 18.2 Å². The molecule has 2 aliphatic heterocycles. The maximum atomic E-state index is 13.3. The highest BCUT2D eigenvalue weighted by atomic mass is 19.4. The predicted molar refractivity (Wildman–Crippen MR) is 114 cm³/mol. The van der Waals surface area contributed by atoms with Crippen molar-refractivity contribution in [2.45, 2.75) is 30.7 Å². The molecule has 172 valence electrons. The van der Waals surface area contributed by atoms with Gasteiger partial charge in [0.25, 0.3) is 5.82 Å². The Morgan fingerprint density at radius 2 is 2.00 bits per heavy atom. The van der Waals surface area contributed by atoms with E-state index < -0.39 is 17.6 Å². The molecule has 0 radical (unpaired) electrons. The smallest absolute Gasteiger partial charge is 0.453 e. The Balaban J connectivity index is 1.56. The van der Waals surface area contributed by atoms with Crippen molar-refractivity contribution < 1.29 is 22.6 Å². The van der Waals surface area contributed by atoms with Crippen LogP contribution in [0.15, 0.2) is 54.6 Å². The third-order valence-electron chi connectivity index (χ3n) is 6.13. The van der Waals surface area contributed by atoms with E-state index in [-0.39, 0.29) is 11.7 Å². The molecule has 1 saturated heterocycles. The van der Waals surface area contributed by atoms with Gasteiger partial charge in [0.2, 0.25) is 0 Å². The minimum absolute atomic E-state index is 0.0320. The summed E-state index contributed by atoms with van der Waals surface area (Å²) < 4.78 is 52.6. The molecular formula is C23H22F3N5O2. The number of aromatic nitrogens is 4. The maximum Gasteiger partial charge on any atom is 0.453 e. The summed E-state index contributed by atoms with van der Waals surface area (Å²) in [5, 5.41) is 13.5. The van der Waals surface area contributed by atoms with Crippen LogP contribution in [0.4, 0.5) is 13.2 Å². The second-order valence-corrected chi connectivity index (χ2v) is 8.11. The Kier molecular flexibility index (Phi) is 5.41.